The minimum atomic E-state index is -1.30. The van der Waals surface area contributed by atoms with Gasteiger partial charge >= 0.3 is 0 Å². The second-order valence-corrected chi connectivity index (χ2v) is 5.46. The third-order valence-electron chi connectivity index (χ3n) is 3.83. The third kappa shape index (κ3) is 2.99. The van der Waals surface area contributed by atoms with Gasteiger partial charge < -0.3 is 29.7 Å². The molecule has 0 spiro atoms. The number of rotatable bonds is 2. The molecule has 0 saturated carbocycles. The Balaban J connectivity index is 1.75. The Morgan fingerprint density at radius 2 is 1.95 bits per heavy atom. The topological polar surface area (TPSA) is 97.3 Å². The molecule has 0 radical (unpaired) electrons. The van der Waals surface area contributed by atoms with Crippen molar-refractivity contribution in [2.24, 2.45) is 0 Å². The molecule has 2 aliphatic rings. The fraction of sp³-hybridized carbons (Fsp3) is 0.533. The van der Waals surface area contributed by atoms with Gasteiger partial charge in [-0.1, -0.05) is 30.3 Å². The molecule has 7 heteroatoms. The standard InChI is InChI=1S/C15H19NO6/c1-8(17)16-11-12(18)13-10(21-14(11)19)7-20-15(22-13)9-5-3-2-4-6-9/h2-6,10-15,18-19H,7H2,1H3,(H,16,17)/t10-,11-,12-,13-,14?,15-/m1/s1. The smallest absolute Gasteiger partial charge is 0.217 e. The molecule has 0 aromatic heterocycles. The van der Waals surface area contributed by atoms with Crippen LogP contribution >= 0.6 is 0 Å². The number of amides is 1. The highest BCUT2D eigenvalue weighted by atomic mass is 16.7. The van der Waals surface area contributed by atoms with Crippen LogP contribution in [0.1, 0.15) is 18.8 Å². The molecule has 6 atom stereocenters. The van der Waals surface area contributed by atoms with Gasteiger partial charge in [0.2, 0.25) is 5.91 Å². The van der Waals surface area contributed by atoms with E-state index in [1.54, 1.807) is 0 Å². The van der Waals surface area contributed by atoms with E-state index in [1.807, 2.05) is 30.3 Å². The zero-order valence-electron chi connectivity index (χ0n) is 12.1. The van der Waals surface area contributed by atoms with Gasteiger partial charge in [0, 0.05) is 12.5 Å². The summed E-state index contributed by atoms with van der Waals surface area (Å²) in [7, 11) is 0. The average Bonchev–Trinajstić information content (AvgIpc) is 2.52. The van der Waals surface area contributed by atoms with Crippen molar-refractivity contribution in [1.29, 1.82) is 0 Å². The molecule has 0 bridgehead atoms. The summed E-state index contributed by atoms with van der Waals surface area (Å²) in [6.07, 6.45) is -4.29. The van der Waals surface area contributed by atoms with Gasteiger partial charge in [-0.3, -0.25) is 4.79 Å². The third-order valence-corrected chi connectivity index (χ3v) is 3.83. The zero-order chi connectivity index (χ0) is 15.7. The summed E-state index contributed by atoms with van der Waals surface area (Å²) < 4.78 is 16.8. The molecule has 3 rings (SSSR count). The van der Waals surface area contributed by atoms with Gasteiger partial charge in [0.05, 0.1) is 6.61 Å². The van der Waals surface area contributed by atoms with Gasteiger partial charge in [0.25, 0.3) is 0 Å². The summed E-state index contributed by atoms with van der Waals surface area (Å²) in [6, 6.07) is 8.41. The van der Waals surface area contributed by atoms with Crippen molar-refractivity contribution in [2.75, 3.05) is 6.61 Å². The van der Waals surface area contributed by atoms with Gasteiger partial charge in [0.1, 0.15) is 24.4 Å². The lowest BCUT2D eigenvalue weighted by Gasteiger charge is -2.46. The zero-order valence-corrected chi connectivity index (χ0v) is 12.1. The van der Waals surface area contributed by atoms with E-state index in [1.165, 1.54) is 6.92 Å². The van der Waals surface area contributed by atoms with E-state index in [2.05, 4.69) is 5.32 Å². The van der Waals surface area contributed by atoms with E-state index in [-0.39, 0.29) is 12.5 Å². The Kier molecular flexibility index (Phi) is 4.42. The Morgan fingerprint density at radius 1 is 1.23 bits per heavy atom. The number of hydrogen-bond acceptors (Lipinski definition) is 6. The highest BCUT2D eigenvalue weighted by molar-refractivity contribution is 5.73. The number of hydrogen-bond donors (Lipinski definition) is 3. The predicted molar refractivity (Wildman–Crippen MR) is 74.5 cm³/mol. The Bertz CT molecular complexity index is 524. The molecular formula is C15H19NO6. The summed E-state index contributed by atoms with van der Waals surface area (Å²) in [6.45, 7) is 1.49. The van der Waals surface area contributed by atoms with Crippen molar-refractivity contribution in [1.82, 2.24) is 5.32 Å². The van der Waals surface area contributed by atoms with Crippen LogP contribution in [0.3, 0.4) is 0 Å². The molecule has 2 aliphatic heterocycles. The summed E-state index contributed by atoms with van der Waals surface area (Å²) in [4.78, 5) is 11.2. The number of nitrogens with one attached hydrogen (secondary N) is 1. The van der Waals surface area contributed by atoms with Gasteiger partial charge in [-0.2, -0.15) is 0 Å². The minimum Gasteiger partial charge on any atom is -0.388 e. The van der Waals surface area contributed by atoms with Gasteiger partial charge in [0.15, 0.2) is 12.6 Å². The van der Waals surface area contributed by atoms with E-state index in [9.17, 15) is 15.0 Å². The first-order valence-electron chi connectivity index (χ1n) is 7.17. The highest BCUT2D eigenvalue weighted by Crippen LogP contribution is 2.33. The molecule has 0 aliphatic carbocycles. The number of carbonyl (C=O) groups excluding carboxylic acids is 1. The van der Waals surface area contributed by atoms with Crippen LogP contribution < -0.4 is 5.32 Å². The van der Waals surface area contributed by atoms with Crippen LogP contribution in [0.2, 0.25) is 0 Å². The second-order valence-electron chi connectivity index (χ2n) is 5.46. The van der Waals surface area contributed by atoms with Gasteiger partial charge in [-0.25, -0.2) is 0 Å². The summed E-state index contributed by atoms with van der Waals surface area (Å²) in [5.74, 6) is -0.364. The molecule has 7 nitrogen and oxygen atoms in total. The SMILES string of the molecule is CC(=O)N[C@H]1C(O)O[C@@H]2CO[C@@H](c3ccccc3)O[C@H]2[C@@H]1O. The fourth-order valence-electron chi connectivity index (χ4n) is 2.78. The quantitative estimate of drug-likeness (QED) is 0.693. The summed E-state index contributed by atoms with van der Waals surface area (Å²) in [5, 5.41) is 22.8. The normalized spacial score (nSPS) is 38.1. The summed E-state index contributed by atoms with van der Waals surface area (Å²) >= 11 is 0. The Labute approximate surface area is 127 Å². The van der Waals surface area contributed by atoms with Crippen molar-refractivity contribution in [3.8, 4) is 0 Å². The Morgan fingerprint density at radius 3 is 2.64 bits per heavy atom. The number of ether oxygens (including phenoxy) is 3. The average molecular weight is 309 g/mol. The van der Waals surface area contributed by atoms with Crippen molar-refractivity contribution in [3.63, 3.8) is 0 Å². The van der Waals surface area contributed by atoms with E-state index in [0.717, 1.165) is 5.56 Å². The number of aliphatic hydroxyl groups excluding tert-OH is 2. The first-order chi connectivity index (χ1) is 10.6. The molecule has 3 N–H and O–H groups in total. The van der Waals surface area contributed by atoms with Crippen molar-refractivity contribution in [2.45, 2.75) is 43.9 Å². The fourth-order valence-corrected chi connectivity index (χ4v) is 2.78. The van der Waals surface area contributed by atoms with E-state index < -0.39 is 36.9 Å². The van der Waals surface area contributed by atoms with Crippen molar-refractivity contribution < 1.29 is 29.2 Å². The van der Waals surface area contributed by atoms with Crippen LogP contribution in [0.4, 0.5) is 0 Å². The second kappa shape index (κ2) is 6.31. The number of fused-ring (bicyclic) bond motifs is 1. The van der Waals surface area contributed by atoms with Crippen LogP contribution in [-0.2, 0) is 19.0 Å². The monoisotopic (exact) mass is 309 g/mol. The first-order valence-corrected chi connectivity index (χ1v) is 7.17. The van der Waals surface area contributed by atoms with Gasteiger partial charge in [-0.05, 0) is 0 Å². The number of benzene rings is 1. The number of carbonyl (C=O) groups is 1. The van der Waals surface area contributed by atoms with E-state index in [0.29, 0.717) is 0 Å². The molecule has 120 valence electrons. The number of aliphatic hydroxyl groups is 2. The molecule has 22 heavy (non-hydrogen) atoms. The van der Waals surface area contributed by atoms with E-state index in [4.69, 9.17) is 14.2 Å². The molecule has 2 saturated heterocycles. The maximum atomic E-state index is 11.2. The van der Waals surface area contributed by atoms with Crippen molar-refractivity contribution >= 4 is 5.91 Å². The largest absolute Gasteiger partial charge is 0.388 e. The lowest BCUT2D eigenvalue weighted by Crippen LogP contribution is -2.66. The lowest BCUT2D eigenvalue weighted by molar-refractivity contribution is -0.337. The maximum Gasteiger partial charge on any atom is 0.217 e. The maximum absolute atomic E-state index is 11.2. The van der Waals surface area contributed by atoms with Crippen LogP contribution in [0, 0.1) is 0 Å². The molecule has 1 aromatic carbocycles. The molecule has 1 amide bonds. The first kappa shape index (κ1) is 15.4. The highest BCUT2D eigenvalue weighted by Gasteiger charge is 2.49. The molecule has 1 unspecified atom stereocenters. The van der Waals surface area contributed by atoms with Crippen LogP contribution in [0.25, 0.3) is 0 Å². The Hall–Kier alpha value is -1.51. The lowest BCUT2D eigenvalue weighted by atomic mass is 9.96. The molecule has 2 heterocycles. The van der Waals surface area contributed by atoms with E-state index >= 15 is 0 Å². The minimum absolute atomic E-state index is 0.186. The molecule has 2 fully saturated rings. The van der Waals surface area contributed by atoms with Crippen LogP contribution in [-0.4, -0.2) is 53.4 Å². The molecular weight excluding hydrogens is 290 g/mol. The van der Waals surface area contributed by atoms with Crippen LogP contribution in [0.15, 0.2) is 30.3 Å². The van der Waals surface area contributed by atoms with Crippen molar-refractivity contribution in [3.05, 3.63) is 35.9 Å². The van der Waals surface area contributed by atoms with Crippen LogP contribution in [0.5, 0.6) is 0 Å². The van der Waals surface area contributed by atoms with Gasteiger partial charge in [-0.15, -0.1) is 0 Å². The predicted octanol–water partition coefficient (Wildman–Crippen LogP) is -0.317. The molecule has 1 aromatic rings. The summed E-state index contributed by atoms with van der Waals surface area (Å²) in [5.41, 5.74) is 0.829.